The summed E-state index contributed by atoms with van der Waals surface area (Å²) in [5, 5.41) is 8.15. The molecule has 1 aromatic heterocycles. The summed E-state index contributed by atoms with van der Waals surface area (Å²) in [7, 11) is 6.03. The summed E-state index contributed by atoms with van der Waals surface area (Å²) in [6.45, 7) is 7.30. The number of aromatic amines is 1. The van der Waals surface area contributed by atoms with Crippen molar-refractivity contribution in [1.82, 2.24) is 20.5 Å². The van der Waals surface area contributed by atoms with Gasteiger partial charge in [-0.15, -0.1) is 0 Å². The fraction of sp³-hybridized carbons (Fsp3) is 0.526. The van der Waals surface area contributed by atoms with Gasteiger partial charge in [0.15, 0.2) is 5.96 Å². The third-order valence-electron chi connectivity index (χ3n) is 4.06. The van der Waals surface area contributed by atoms with E-state index >= 15 is 0 Å². The Bertz CT molecular complexity index is 669. The Balaban J connectivity index is 1.82. The van der Waals surface area contributed by atoms with E-state index in [1.54, 1.807) is 0 Å². The van der Waals surface area contributed by atoms with Crippen molar-refractivity contribution in [2.24, 2.45) is 10.4 Å². The summed E-state index contributed by atoms with van der Waals surface area (Å²) in [6, 6.07) is 8.42. The molecule has 132 valence electrons. The third kappa shape index (κ3) is 5.27. The van der Waals surface area contributed by atoms with Crippen molar-refractivity contribution in [3.63, 3.8) is 0 Å². The van der Waals surface area contributed by atoms with Crippen molar-refractivity contribution in [2.75, 3.05) is 40.8 Å². The van der Waals surface area contributed by atoms with Crippen molar-refractivity contribution in [3.05, 3.63) is 36.0 Å². The van der Waals surface area contributed by atoms with Crippen LogP contribution in [-0.2, 0) is 6.42 Å². The molecule has 2 aromatic rings. The topological polar surface area (TPSA) is 55.5 Å². The van der Waals surface area contributed by atoms with Crippen LogP contribution in [0.4, 0.5) is 0 Å². The molecular formula is C19H31N5. The number of H-pyrrole nitrogens is 1. The molecule has 24 heavy (non-hydrogen) atoms. The maximum Gasteiger partial charge on any atom is 0.191 e. The van der Waals surface area contributed by atoms with E-state index in [2.05, 4.69) is 83.9 Å². The SMILES string of the molecule is CN=C(NCCc1c[nH]c2ccccc12)NCC(C)(C)CN(C)C. The zero-order chi connectivity index (χ0) is 17.6. The van der Waals surface area contributed by atoms with Crippen molar-refractivity contribution in [2.45, 2.75) is 20.3 Å². The highest BCUT2D eigenvalue weighted by Gasteiger charge is 2.19. The van der Waals surface area contributed by atoms with Crippen LogP contribution < -0.4 is 10.6 Å². The predicted octanol–water partition coefficient (Wildman–Crippen LogP) is 2.46. The molecule has 0 bridgehead atoms. The Morgan fingerprint density at radius 1 is 1.21 bits per heavy atom. The number of hydrogen-bond donors (Lipinski definition) is 3. The number of hydrogen-bond acceptors (Lipinski definition) is 2. The van der Waals surface area contributed by atoms with Gasteiger partial charge in [-0.05, 0) is 37.6 Å². The fourth-order valence-corrected chi connectivity index (χ4v) is 3.11. The van der Waals surface area contributed by atoms with Crippen molar-refractivity contribution >= 4 is 16.9 Å². The molecule has 0 radical (unpaired) electrons. The number of aromatic nitrogens is 1. The summed E-state index contributed by atoms with van der Waals surface area (Å²) in [4.78, 5) is 9.87. The lowest BCUT2D eigenvalue weighted by Crippen LogP contribution is -2.45. The lowest BCUT2D eigenvalue weighted by atomic mass is 9.93. The minimum atomic E-state index is 0.192. The second kappa shape index (κ2) is 8.20. The standard InChI is InChI=1S/C19H31N5/c1-19(2,14-24(4)5)13-23-18(20-3)21-11-10-15-12-22-17-9-7-6-8-16(15)17/h6-9,12,22H,10-11,13-14H2,1-5H3,(H2,20,21,23). The molecule has 0 aliphatic rings. The Hall–Kier alpha value is -2.01. The smallest absolute Gasteiger partial charge is 0.191 e. The predicted molar refractivity (Wildman–Crippen MR) is 104 cm³/mol. The Morgan fingerprint density at radius 3 is 2.67 bits per heavy atom. The molecule has 0 spiro atoms. The van der Waals surface area contributed by atoms with Gasteiger partial charge in [0, 0.05) is 43.8 Å². The number of aliphatic imine (C=N–C) groups is 1. The van der Waals surface area contributed by atoms with Gasteiger partial charge in [0.2, 0.25) is 0 Å². The summed E-state index contributed by atoms with van der Waals surface area (Å²) in [5.74, 6) is 0.863. The zero-order valence-electron chi connectivity index (χ0n) is 15.6. The molecule has 2 rings (SSSR count). The number of nitrogens with zero attached hydrogens (tertiary/aromatic N) is 2. The number of para-hydroxylation sites is 1. The van der Waals surface area contributed by atoms with Crippen LogP contribution in [0.3, 0.4) is 0 Å². The van der Waals surface area contributed by atoms with E-state index in [1.165, 1.54) is 16.5 Å². The van der Waals surface area contributed by atoms with Crippen LogP contribution in [0.1, 0.15) is 19.4 Å². The van der Waals surface area contributed by atoms with Crippen molar-refractivity contribution in [3.8, 4) is 0 Å². The largest absolute Gasteiger partial charge is 0.361 e. The molecule has 5 heteroatoms. The second-order valence-corrected chi connectivity index (χ2v) is 7.36. The molecule has 0 unspecified atom stereocenters. The highest BCUT2D eigenvalue weighted by atomic mass is 15.2. The fourth-order valence-electron chi connectivity index (χ4n) is 3.11. The Kier molecular flexibility index (Phi) is 6.26. The monoisotopic (exact) mass is 329 g/mol. The number of guanidine groups is 1. The van der Waals surface area contributed by atoms with Crippen LogP contribution in [0.5, 0.6) is 0 Å². The first kappa shape index (κ1) is 18.3. The maximum absolute atomic E-state index is 4.32. The second-order valence-electron chi connectivity index (χ2n) is 7.36. The van der Waals surface area contributed by atoms with Crippen LogP contribution >= 0.6 is 0 Å². The number of benzene rings is 1. The van der Waals surface area contributed by atoms with E-state index in [0.717, 1.165) is 32.0 Å². The number of fused-ring (bicyclic) bond motifs is 1. The molecule has 1 aromatic carbocycles. The van der Waals surface area contributed by atoms with Gasteiger partial charge in [-0.1, -0.05) is 32.0 Å². The Morgan fingerprint density at radius 2 is 1.96 bits per heavy atom. The van der Waals surface area contributed by atoms with Gasteiger partial charge in [-0.25, -0.2) is 0 Å². The molecule has 5 nitrogen and oxygen atoms in total. The van der Waals surface area contributed by atoms with E-state index in [-0.39, 0.29) is 5.41 Å². The highest BCUT2D eigenvalue weighted by Crippen LogP contribution is 2.17. The first-order valence-corrected chi connectivity index (χ1v) is 8.55. The highest BCUT2D eigenvalue weighted by molar-refractivity contribution is 5.83. The average Bonchev–Trinajstić information content (AvgIpc) is 2.93. The summed E-state index contributed by atoms with van der Waals surface area (Å²) < 4.78 is 0. The molecule has 0 atom stereocenters. The van der Waals surface area contributed by atoms with Gasteiger partial charge < -0.3 is 20.5 Å². The van der Waals surface area contributed by atoms with E-state index in [4.69, 9.17) is 0 Å². The molecule has 0 saturated heterocycles. The van der Waals surface area contributed by atoms with Gasteiger partial charge in [0.05, 0.1) is 0 Å². The average molecular weight is 329 g/mol. The van der Waals surface area contributed by atoms with Gasteiger partial charge in [0.25, 0.3) is 0 Å². The van der Waals surface area contributed by atoms with Crippen molar-refractivity contribution in [1.29, 1.82) is 0 Å². The lowest BCUT2D eigenvalue weighted by molar-refractivity contribution is 0.241. The van der Waals surface area contributed by atoms with Crippen LogP contribution in [0.15, 0.2) is 35.5 Å². The first-order valence-electron chi connectivity index (χ1n) is 8.55. The maximum atomic E-state index is 4.32. The summed E-state index contributed by atoms with van der Waals surface area (Å²) in [5.41, 5.74) is 2.72. The molecule has 1 heterocycles. The van der Waals surface area contributed by atoms with Crippen LogP contribution in [0, 0.1) is 5.41 Å². The third-order valence-corrected chi connectivity index (χ3v) is 4.06. The molecular weight excluding hydrogens is 298 g/mol. The zero-order valence-corrected chi connectivity index (χ0v) is 15.6. The molecule has 0 aliphatic carbocycles. The van der Waals surface area contributed by atoms with Gasteiger partial charge in [-0.2, -0.15) is 0 Å². The molecule has 0 aliphatic heterocycles. The van der Waals surface area contributed by atoms with Gasteiger partial charge in [-0.3, -0.25) is 4.99 Å². The first-order chi connectivity index (χ1) is 11.4. The van der Waals surface area contributed by atoms with E-state index in [1.807, 2.05) is 7.05 Å². The molecule has 0 fully saturated rings. The van der Waals surface area contributed by atoms with Gasteiger partial charge in [0.1, 0.15) is 0 Å². The van der Waals surface area contributed by atoms with Crippen molar-refractivity contribution < 1.29 is 0 Å². The summed E-state index contributed by atoms with van der Waals surface area (Å²) in [6.07, 6.45) is 3.06. The molecule has 0 amide bonds. The lowest BCUT2D eigenvalue weighted by Gasteiger charge is -2.29. The van der Waals surface area contributed by atoms with E-state index in [9.17, 15) is 0 Å². The normalized spacial score (nSPS) is 12.8. The van der Waals surface area contributed by atoms with E-state index < -0.39 is 0 Å². The number of rotatable bonds is 7. The minimum Gasteiger partial charge on any atom is -0.361 e. The van der Waals surface area contributed by atoms with Crippen LogP contribution in [0.2, 0.25) is 0 Å². The quantitative estimate of drug-likeness (QED) is 0.540. The molecule has 0 saturated carbocycles. The summed E-state index contributed by atoms with van der Waals surface area (Å²) >= 11 is 0. The Labute approximate surface area is 145 Å². The van der Waals surface area contributed by atoms with Gasteiger partial charge >= 0.3 is 0 Å². The number of nitrogens with one attached hydrogen (secondary N) is 3. The molecule has 3 N–H and O–H groups in total. The van der Waals surface area contributed by atoms with Crippen LogP contribution in [-0.4, -0.2) is 56.6 Å². The van der Waals surface area contributed by atoms with E-state index in [0.29, 0.717) is 0 Å². The minimum absolute atomic E-state index is 0.192. The van der Waals surface area contributed by atoms with Crippen LogP contribution in [0.25, 0.3) is 10.9 Å².